The molecule has 3 aromatic heterocycles. The van der Waals surface area contributed by atoms with Crippen LogP contribution in [0.15, 0.2) is 65.5 Å². The fourth-order valence-corrected chi connectivity index (χ4v) is 3.17. The first kappa shape index (κ1) is 15.4. The Hall–Kier alpha value is -3.87. The van der Waals surface area contributed by atoms with Crippen LogP contribution in [0.5, 0.6) is 0 Å². The van der Waals surface area contributed by atoms with Gasteiger partial charge in [-0.1, -0.05) is 12.1 Å². The summed E-state index contributed by atoms with van der Waals surface area (Å²) in [5.74, 6) is 0.165. The van der Waals surface area contributed by atoms with Crippen molar-refractivity contribution in [3.8, 4) is 11.1 Å². The molecule has 0 aliphatic heterocycles. The first-order chi connectivity index (χ1) is 13.2. The van der Waals surface area contributed by atoms with Crippen molar-refractivity contribution in [3.63, 3.8) is 0 Å². The number of amides is 1. The summed E-state index contributed by atoms with van der Waals surface area (Å²) in [6.45, 7) is 0. The van der Waals surface area contributed by atoms with Crippen LogP contribution in [0.1, 0.15) is 10.4 Å². The van der Waals surface area contributed by atoms with E-state index in [1.165, 1.54) is 0 Å². The largest absolute Gasteiger partial charge is 0.464 e. The first-order valence-corrected chi connectivity index (χ1v) is 8.44. The van der Waals surface area contributed by atoms with Gasteiger partial charge in [-0.25, -0.2) is 4.98 Å². The molecule has 0 aliphatic carbocycles. The van der Waals surface area contributed by atoms with E-state index in [4.69, 9.17) is 4.42 Å². The number of anilines is 1. The smallest absolute Gasteiger partial charge is 0.257 e. The van der Waals surface area contributed by atoms with Crippen LogP contribution in [0.4, 0.5) is 5.95 Å². The monoisotopic (exact) mass is 357 g/mol. The maximum absolute atomic E-state index is 12.6. The number of imidazole rings is 1. The lowest BCUT2D eigenvalue weighted by Crippen LogP contribution is -2.12. The standard InChI is InChI=1S/C20H15N5O2/c1-25-11-14(10-21-25)15-3-2-4-16-18(15)23-20(22-16)24-19(26)13-5-6-17-12(9-13)7-8-27-17/h2-11H,1H3,(H2,22,23,24,26). The van der Waals surface area contributed by atoms with Crippen LogP contribution in [0, 0.1) is 0 Å². The Bertz CT molecular complexity index is 1290. The minimum atomic E-state index is -0.236. The zero-order valence-corrected chi connectivity index (χ0v) is 14.4. The quantitative estimate of drug-likeness (QED) is 0.511. The summed E-state index contributed by atoms with van der Waals surface area (Å²) in [7, 11) is 1.87. The number of furan rings is 1. The van der Waals surface area contributed by atoms with Crippen LogP contribution >= 0.6 is 0 Å². The number of fused-ring (bicyclic) bond motifs is 2. The van der Waals surface area contributed by atoms with Gasteiger partial charge in [-0.3, -0.25) is 14.8 Å². The van der Waals surface area contributed by atoms with Crippen molar-refractivity contribution >= 4 is 33.9 Å². The summed E-state index contributed by atoms with van der Waals surface area (Å²) in [6, 6.07) is 13.0. The van der Waals surface area contributed by atoms with Crippen molar-refractivity contribution in [2.45, 2.75) is 0 Å². The molecule has 3 heterocycles. The number of rotatable bonds is 3. The molecule has 2 N–H and O–H groups in total. The Morgan fingerprint density at radius 1 is 1.22 bits per heavy atom. The molecule has 5 rings (SSSR count). The maximum Gasteiger partial charge on any atom is 0.257 e. The van der Waals surface area contributed by atoms with Crippen LogP contribution in [-0.4, -0.2) is 25.7 Å². The molecule has 0 fully saturated rings. The van der Waals surface area contributed by atoms with Gasteiger partial charge < -0.3 is 9.40 Å². The zero-order valence-electron chi connectivity index (χ0n) is 14.4. The number of H-pyrrole nitrogens is 1. The molecular weight excluding hydrogens is 342 g/mol. The molecule has 27 heavy (non-hydrogen) atoms. The Morgan fingerprint density at radius 3 is 3.00 bits per heavy atom. The van der Waals surface area contributed by atoms with Gasteiger partial charge in [-0.2, -0.15) is 5.10 Å². The van der Waals surface area contributed by atoms with Gasteiger partial charge in [0.1, 0.15) is 5.58 Å². The van der Waals surface area contributed by atoms with Crippen LogP contribution < -0.4 is 5.32 Å². The predicted molar refractivity (Wildman–Crippen MR) is 102 cm³/mol. The van der Waals surface area contributed by atoms with Gasteiger partial charge in [-0.15, -0.1) is 0 Å². The number of aromatic amines is 1. The van der Waals surface area contributed by atoms with Crippen LogP contribution in [-0.2, 0) is 7.05 Å². The molecule has 1 amide bonds. The summed E-state index contributed by atoms with van der Waals surface area (Å²) in [4.78, 5) is 20.3. The third-order valence-corrected chi connectivity index (χ3v) is 4.48. The average molecular weight is 357 g/mol. The number of hydrogen-bond acceptors (Lipinski definition) is 4. The molecule has 0 spiro atoms. The van der Waals surface area contributed by atoms with Gasteiger partial charge in [0.05, 0.1) is 23.5 Å². The van der Waals surface area contributed by atoms with E-state index in [0.717, 1.165) is 33.1 Å². The highest BCUT2D eigenvalue weighted by atomic mass is 16.3. The highest BCUT2D eigenvalue weighted by molar-refractivity contribution is 6.06. The second-order valence-corrected chi connectivity index (χ2v) is 6.32. The lowest BCUT2D eigenvalue weighted by atomic mass is 10.1. The van der Waals surface area contributed by atoms with Gasteiger partial charge in [-0.05, 0) is 30.3 Å². The molecule has 0 atom stereocenters. The van der Waals surface area contributed by atoms with Crippen molar-refractivity contribution in [3.05, 3.63) is 66.7 Å². The fourth-order valence-electron chi connectivity index (χ4n) is 3.17. The summed E-state index contributed by atoms with van der Waals surface area (Å²) >= 11 is 0. The molecule has 0 radical (unpaired) electrons. The number of nitrogens with one attached hydrogen (secondary N) is 2. The lowest BCUT2D eigenvalue weighted by Gasteiger charge is -2.01. The molecule has 0 unspecified atom stereocenters. The van der Waals surface area contributed by atoms with E-state index in [0.29, 0.717) is 11.5 Å². The Morgan fingerprint density at radius 2 is 2.15 bits per heavy atom. The molecule has 7 heteroatoms. The SMILES string of the molecule is Cn1cc(-c2cccc3[nH]c(NC(=O)c4ccc5occc5c4)nc23)cn1. The van der Waals surface area contributed by atoms with Crippen molar-refractivity contribution in [1.29, 1.82) is 0 Å². The van der Waals surface area contributed by atoms with Gasteiger partial charge >= 0.3 is 0 Å². The number of aromatic nitrogens is 4. The second kappa shape index (κ2) is 5.84. The molecule has 5 aromatic rings. The molecule has 7 nitrogen and oxygen atoms in total. The van der Waals surface area contributed by atoms with Crippen LogP contribution in [0.25, 0.3) is 33.1 Å². The number of benzene rings is 2. The first-order valence-electron chi connectivity index (χ1n) is 8.44. The van der Waals surface area contributed by atoms with E-state index in [1.807, 2.05) is 37.5 Å². The fraction of sp³-hybridized carbons (Fsp3) is 0.0500. The van der Waals surface area contributed by atoms with Gasteiger partial charge in [0.2, 0.25) is 5.95 Å². The second-order valence-electron chi connectivity index (χ2n) is 6.32. The van der Waals surface area contributed by atoms with Crippen LogP contribution in [0.2, 0.25) is 0 Å². The van der Waals surface area contributed by atoms with E-state index in [-0.39, 0.29) is 5.91 Å². The number of carbonyl (C=O) groups is 1. The third-order valence-electron chi connectivity index (χ3n) is 4.48. The number of aryl methyl sites for hydroxylation is 1. The van der Waals surface area contributed by atoms with E-state index in [9.17, 15) is 4.79 Å². The van der Waals surface area contributed by atoms with Crippen molar-refractivity contribution in [1.82, 2.24) is 19.7 Å². The number of hydrogen-bond donors (Lipinski definition) is 2. The Balaban J connectivity index is 1.49. The predicted octanol–water partition coefficient (Wildman–Crippen LogP) is 3.96. The van der Waals surface area contributed by atoms with E-state index in [2.05, 4.69) is 20.4 Å². The van der Waals surface area contributed by atoms with Gasteiger partial charge in [0, 0.05) is 35.3 Å². The van der Waals surface area contributed by atoms with Crippen molar-refractivity contribution in [2.75, 3.05) is 5.32 Å². The lowest BCUT2D eigenvalue weighted by molar-refractivity contribution is 0.102. The summed E-state index contributed by atoms with van der Waals surface area (Å²) in [6.07, 6.45) is 5.33. The summed E-state index contributed by atoms with van der Waals surface area (Å²) in [5.41, 5.74) is 4.84. The van der Waals surface area contributed by atoms with Gasteiger partial charge in [0.25, 0.3) is 5.91 Å². The third kappa shape index (κ3) is 2.65. The molecule has 0 saturated carbocycles. The molecule has 0 saturated heterocycles. The van der Waals surface area contributed by atoms with E-state index >= 15 is 0 Å². The molecular formula is C20H15N5O2. The van der Waals surface area contributed by atoms with E-state index in [1.54, 1.807) is 35.3 Å². The number of para-hydroxylation sites is 1. The van der Waals surface area contributed by atoms with Gasteiger partial charge in [0.15, 0.2) is 0 Å². The topological polar surface area (TPSA) is 88.7 Å². The molecule has 2 aromatic carbocycles. The highest BCUT2D eigenvalue weighted by Gasteiger charge is 2.13. The minimum Gasteiger partial charge on any atom is -0.464 e. The molecule has 0 bridgehead atoms. The summed E-state index contributed by atoms with van der Waals surface area (Å²) < 4.78 is 7.06. The Kier molecular flexibility index (Phi) is 3.33. The number of nitrogens with zero attached hydrogens (tertiary/aromatic N) is 3. The molecule has 0 aliphatic rings. The highest BCUT2D eigenvalue weighted by Crippen LogP contribution is 2.28. The number of carbonyl (C=O) groups excluding carboxylic acids is 1. The summed E-state index contributed by atoms with van der Waals surface area (Å²) in [5, 5.41) is 7.93. The van der Waals surface area contributed by atoms with Crippen molar-refractivity contribution in [2.24, 2.45) is 7.05 Å². The van der Waals surface area contributed by atoms with Crippen LogP contribution in [0.3, 0.4) is 0 Å². The zero-order chi connectivity index (χ0) is 18.4. The van der Waals surface area contributed by atoms with E-state index < -0.39 is 0 Å². The average Bonchev–Trinajstić information content (AvgIpc) is 3.39. The van der Waals surface area contributed by atoms with Crippen molar-refractivity contribution < 1.29 is 9.21 Å². The Labute approximate surface area is 153 Å². The molecule has 132 valence electrons. The minimum absolute atomic E-state index is 0.236. The normalized spacial score (nSPS) is 11.3. The maximum atomic E-state index is 12.6.